The molecule has 1 aliphatic heterocycles. The summed E-state index contributed by atoms with van der Waals surface area (Å²) < 4.78 is 28.8. The zero-order valence-electron chi connectivity index (χ0n) is 13.1. The number of halogens is 1. The minimum atomic E-state index is -0.706. The molecule has 0 saturated carbocycles. The fraction of sp³-hybridized carbons (Fsp3) is 0.250. The van der Waals surface area contributed by atoms with Crippen LogP contribution in [0.5, 0.6) is 0 Å². The first-order valence-corrected chi connectivity index (χ1v) is 7.09. The van der Waals surface area contributed by atoms with Crippen LogP contribution in [0, 0.1) is 5.82 Å². The number of hydrogen-bond donors (Lipinski definition) is 1. The van der Waals surface area contributed by atoms with Crippen molar-refractivity contribution >= 4 is 28.5 Å². The molecule has 0 fully saturated rings. The molecule has 0 amide bonds. The maximum Gasteiger partial charge on any atom is 0.355 e. The van der Waals surface area contributed by atoms with Crippen molar-refractivity contribution in [1.82, 2.24) is 4.98 Å². The highest BCUT2D eigenvalue weighted by atomic mass is 19.1. The predicted octanol–water partition coefficient (Wildman–Crippen LogP) is 1.70. The molecule has 2 heterocycles. The maximum atomic E-state index is 13.9. The Morgan fingerprint density at radius 3 is 2.67 bits per heavy atom. The van der Waals surface area contributed by atoms with Crippen molar-refractivity contribution in [2.45, 2.75) is 0 Å². The molecule has 0 bridgehead atoms. The molecule has 1 aromatic carbocycles. The predicted molar refractivity (Wildman–Crippen MR) is 82.6 cm³/mol. The molecule has 1 N–H and O–H groups in total. The summed E-state index contributed by atoms with van der Waals surface area (Å²) in [6.45, 7) is -0.0760. The number of nitrogens with zero attached hydrogens (tertiary/aromatic N) is 1. The van der Waals surface area contributed by atoms with Crippen molar-refractivity contribution in [2.75, 3.05) is 32.5 Å². The molecule has 1 aromatic heterocycles. The standard InChI is InChI=1S/C16H15FN2O5/c1-22-15(20)10-7-24-8-19(14(10)16(21)23-2)12-4-3-11(17)9-5-6-18-13(9)12/h3-6,18H,7-8H2,1-2H3. The number of aromatic amines is 1. The molecular formula is C16H15FN2O5. The largest absolute Gasteiger partial charge is 0.466 e. The third-order valence-electron chi connectivity index (χ3n) is 3.77. The molecule has 0 saturated heterocycles. The second kappa shape index (κ2) is 6.32. The lowest BCUT2D eigenvalue weighted by Crippen LogP contribution is -2.38. The Morgan fingerprint density at radius 1 is 1.21 bits per heavy atom. The van der Waals surface area contributed by atoms with E-state index in [1.54, 1.807) is 12.3 Å². The number of anilines is 1. The molecule has 1 aliphatic rings. The van der Waals surface area contributed by atoms with Crippen LogP contribution in [0.1, 0.15) is 0 Å². The number of rotatable bonds is 3. The van der Waals surface area contributed by atoms with Gasteiger partial charge < -0.3 is 24.1 Å². The molecule has 3 rings (SSSR count). The van der Waals surface area contributed by atoms with E-state index in [1.807, 2.05) is 0 Å². The first kappa shape index (κ1) is 16.0. The number of nitrogens with one attached hydrogen (secondary N) is 1. The van der Waals surface area contributed by atoms with E-state index in [9.17, 15) is 14.0 Å². The van der Waals surface area contributed by atoms with Gasteiger partial charge >= 0.3 is 11.9 Å². The second-order valence-corrected chi connectivity index (χ2v) is 5.05. The lowest BCUT2D eigenvalue weighted by Gasteiger charge is -2.31. The summed E-state index contributed by atoms with van der Waals surface area (Å²) in [4.78, 5) is 28.6. The maximum absolute atomic E-state index is 13.9. The van der Waals surface area contributed by atoms with Crippen LogP contribution in [-0.2, 0) is 23.8 Å². The van der Waals surface area contributed by atoms with E-state index >= 15 is 0 Å². The molecule has 0 unspecified atom stereocenters. The highest BCUT2D eigenvalue weighted by molar-refractivity contribution is 6.05. The summed E-state index contributed by atoms with van der Waals surface area (Å²) in [6.07, 6.45) is 1.59. The smallest absolute Gasteiger partial charge is 0.355 e. The molecule has 0 spiro atoms. The number of aromatic nitrogens is 1. The summed E-state index contributed by atoms with van der Waals surface area (Å²) in [5.41, 5.74) is 1.02. The van der Waals surface area contributed by atoms with Gasteiger partial charge in [-0.3, -0.25) is 0 Å². The molecular weight excluding hydrogens is 319 g/mol. The van der Waals surface area contributed by atoms with Gasteiger partial charge in [0.15, 0.2) is 0 Å². The monoisotopic (exact) mass is 334 g/mol. The van der Waals surface area contributed by atoms with Crippen LogP contribution in [0.3, 0.4) is 0 Å². The van der Waals surface area contributed by atoms with Crippen molar-refractivity contribution in [3.05, 3.63) is 41.5 Å². The number of methoxy groups -OCH3 is 2. The number of hydrogen-bond acceptors (Lipinski definition) is 6. The molecule has 126 valence electrons. The van der Waals surface area contributed by atoms with Crippen molar-refractivity contribution in [3.63, 3.8) is 0 Å². The van der Waals surface area contributed by atoms with Gasteiger partial charge in [0, 0.05) is 11.6 Å². The van der Waals surface area contributed by atoms with Gasteiger partial charge in [-0.2, -0.15) is 0 Å². The third-order valence-corrected chi connectivity index (χ3v) is 3.77. The van der Waals surface area contributed by atoms with E-state index in [0.717, 1.165) is 0 Å². The highest BCUT2D eigenvalue weighted by Gasteiger charge is 2.33. The zero-order valence-corrected chi connectivity index (χ0v) is 13.1. The Bertz CT molecular complexity index is 842. The van der Waals surface area contributed by atoms with E-state index in [1.165, 1.54) is 31.3 Å². The average Bonchev–Trinajstić information content (AvgIpc) is 3.11. The molecule has 8 heteroatoms. The van der Waals surface area contributed by atoms with E-state index in [-0.39, 0.29) is 24.6 Å². The number of carbonyl (C=O) groups excluding carboxylic acids is 2. The second-order valence-electron chi connectivity index (χ2n) is 5.05. The van der Waals surface area contributed by atoms with Gasteiger partial charge in [0.2, 0.25) is 0 Å². The number of carbonyl (C=O) groups is 2. The van der Waals surface area contributed by atoms with E-state index in [0.29, 0.717) is 16.6 Å². The number of esters is 2. The van der Waals surface area contributed by atoms with E-state index < -0.39 is 17.8 Å². The van der Waals surface area contributed by atoms with Crippen LogP contribution in [0.2, 0.25) is 0 Å². The number of benzene rings is 1. The number of fused-ring (bicyclic) bond motifs is 1. The van der Waals surface area contributed by atoms with Crippen molar-refractivity contribution in [3.8, 4) is 0 Å². The first-order chi connectivity index (χ1) is 11.6. The summed E-state index contributed by atoms with van der Waals surface area (Å²) in [6, 6.07) is 4.37. The SMILES string of the molecule is COC(=O)C1=C(C(=O)OC)N(c2ccc(F)c3cc[nH]c23)COC1. The first-order valence-electron chi connectivity index (χ1n) is 7.09. The fourth-order valence-electron chi connectivity index (χ4n) is 2.66. The summed E-state index contributed by atoms with van der Waals surface area (Å²) >= 11 is 0. The van der Waals surface area contributed by atoms with Gasteiger partial charge in [-0.15, -0.1) is 0 Å². The molecule has 0 radical (unpaired) electrons. The Hall–Kier alpha value is -2.87. The van der Waals surface area contributed by atoms with Gasteiger partial charge in [-0.25, -0.2) is 14.0 Å². The highest BCUT2D eigenvalue weighted by Crippen LogP contribution is 2.33. The van der Waals surface area contributed by atoms with E-state index in [4.69, 9.17) is 14.2 Å². The zero-order chi connectivity index (χ0) is 17.3. The molecule has 7 nitrogen and oxygen atoms in total. The summed E-state index contributed by atoms with van der Waals surface area (Å²) in [5, 5.41) is 0.363. The van der Waals surface area contributed by atoms with Crippen LogP contribution in [0.4, 0.5) is 10.1 Å². The molecule has 0 atom stereocenters. The van der Waals surface area contributed by atoms with Crippen molar-refractivity contribution in [1.29, 1.82) is 0 Å². The third kappa shape index (κ3) is 2.50. The Labute approximate surface area is 136 Å². The van der Waals surface area contributed by atoms with Crippen LogP contribution in [0.15, 0.2) is 35.7 Å². The molecule has 2 aromatic rings. The fourth-order valence-corrected chi connectivity index (χ4v) is 2.66. The van der Waals surface area contributed by atoms with Gasteiger partial charge in [0.1, 0.15) is 18.2 Å². The summed E-state index contributed by atoms with van der Waals surface area (Å²) in [5.74, 6) is -1.79. The van der Waals surface area contributed by atoms with E-state index in [2.05, 4.69) is 4.98 Å². The minimum absolute atomic E-state index is 0.00464. The topological polar surface area (TPSA) is 80.9 Å². The summed E-state index contributed by atoms with van der Waals surface area (Å²) in [7, 11) is 2.43. The molecule has 0 aliphatic carbocycles. The van der Waals surface area contributed by atoms with Crippen LogP contribution >= 0.6 is 0 Å². The normalized spacial score (nSPS) is 14.9. The Kier molecular flexibility index (Phi) is 4.22. The average molecular weight is 334 g/mol. The minimum Gasteiger partial charge on any atom is -0.466 e. The Balaban J connectivity index is 2.20. The quantitative estimate of drug-likeness (QED) is 0.861. The Morgan fingerprint density at radius 2 is 1.96 bits per heavy atom. The number of H-pyrrole nitrogens is 1. The number of ether oxygens (including phenoxy) is 3. The van der Waals surface area contributed by atoms with Crippen molar-refractivity contribution in [2.24, 2.45) is 0 Å². The van der Waals surface area contributed by atoms with Gasteiger partial charge in [-0.1, -0.05) is 0 Å². The van der Waals surface area contributed by atoms with Crippen molar-refractivity contribution < 1.29 is 28.2 Å². The molecule has 24 heavy (non-hydrogen) atoms. The van der Waals surface area contributed by atoms with Gasteiger partial charge in [0.25, 0.3) is 0 Å². The lowest BCUT2D eigenvalue weighted by atomic mass is 10.1. The van der Waals surface area contributed by atoms with Gasteiger partial charge in [-0.05, 0) is 18.2 Å². The van der Waals surface area contributed by atoms with Crippen LogP contribution < -0.4 is 4.90 Å². The van der Waals surface area contributed by atoms with Crippen LogP contribution in [0.25, 0.3) is 10.9 Å². The van der Waals surface area contributed by atoms with Crippen LogP contribution in [-0.4, -0.2) is 44.5 Å². The lowest BCUT2D eigenvalue weighted by molar-refractivity contribution is -0.140. The van der Waals surface area contributed by atoms with Gasteiger partial charge in [0.05, 0.1) is 37.6 Å².